The lowest BCUT2D eigenvalue weighted by Gasteiger charge is -2.13. The molecule has 1 rings (SSSR count). The van der Waals surface area contributed by atoms with Crippen LogP contribution >= 0.6 is 0 Å². The summed E-state index contributed by atoms with van der Waals surface area (Å²) >= 11 is 0. The van der Waals surface area contributed by atoms with Crippen LogP contribution in [-0.4, -0.2) is 8.42 Å². The molecule has 0 fully saturated rings. The standard InChI is InChI=1S/C9H11FN4O3S/c1-5-7(4-11)3-8(17-18(10,15)16)6(2)9(5)13-14-12/h3H,4,11H2,1-2H3. The normalized spacial score (nSPS) is 10.9. The van der Waals surface area contributed by atoms with Crippen LogP contribution in [0.25, 0.3) is 10.4 Å². The summed E-state index contributed by atoms with van der Waals surface area (Å²) in [6.07, 6.45) is 0. The number of azide groups is 1. The minimum Gasteiger partial charge on any atom is -0.358 e. The third-order valence-electron chi connectivity index (χ3n) is 2.42. The van der Waals surface area contributed by atoms with Gasteiger partial charge in [0.1, 0.15) is 5.75 Å². The zero-order valence-corrected chi connectivity index (χ0v) is 10.5. The van der Waals surface area contributed by atoms with E-state index in [0.29, 0.717) is 11.1 Å². The van der Waals surface area contributed by atoms with E-state index in [2.05, 4.69) is 14.2 Å². The zero-order chi connectivity index (χ0) is 13.9. The van der Waals surface area contributed by atoms with Crippen molar-refractivity contribution in [2.24, 2.45) is 10.8 Å². The Morgan fingerprint density at radius 3 is 2.56 bits per heavy atom. The van der Waals surface area contributed by atoms with Crippen LogP contribution in [0.2, 0.25) is 0 Å². The molecular weight excluding hydrogens is 263 g/mol. The molecule has 18 heavy (non-hydrogen) atoms. The molecule has 98 valence electrons. The van der Waals surface area contributed by atoms with Gasteiger partial charge < -0.3 is 9.92 Å². The molecule has 0 atom stereocenters. The van der Waals surface area contributed by atoms with Crippen molar-refractivity contribution in [2.45, 2.75) is 20.4 Å². The molecule has 9 heteroatoms. The van der Waals surface area contributed by atoms with E-state index in [1.807, 2.05) is 0 Å². The van der Waals surface area contributed by atoms with Crippen molar-refractivity contribution in [1.29, 1.82) is 0 Å². The van der Waals surface area contributed by atoms with Crippen molar-refractivity contribution < 1.29 is 16.5 Å². The number of hydrogen-bond donors (Lipinski definition) is 1. The van der Waals surface area contributed by atoms with Crippen LogP contribution in [0.3, 0.4) is 0 Å². The number of rotatable bonds is 4. The quantitative estimate of drug-likeness (QED) is 0.392. The summed E-state index contributed by atoms with van der Waals surface area (Å²) in [5, 5.41) is 3.43. The van der Waals surface area contributed by atoms with E-state index in [-0.39, 0.29) is 23.5 Å². The molecule has 0 heterocycles. The molecule has 0 saturated carbocycles. The molecule has 0 radical (unpaired) electrons. The van der Waals surface area contributed by atoms with Crippen LogP contribution in [0.4, 0.5) is 9.57 Å². The van der Waals surface area contributed by atoms with Crippen molar-refractivity contribution in [1.82, 2.24) is 0 Å². The van der Waals surface area contributed by atoms with Crippen LogP contribution in [0, 0.1) is 13.8 Å². The van der Waals surface area contributed by atoms with Gasteiger partial charge in [-0.05, 0) is 36.6 Å². The number of hydrogen-bond acceptors (Lipinski definition) is 5. The number of nitrogens with two attached hydrogens (primary N) is 1. The average Bonchev–Trinajstić information content (AvgIpc) is 2.26. The number of halogens is 1. The monoisotopic (exact) mass is 274 g/mol. The molecule has 0 bridgehead atoms. The summed E-state index contributed by atoms with van der Waals surface area (Å²) in [5.41, 5.74) is 15.4. The molecule has 7 nitrogen and oxygen atoms in total. The topological polar surface area (TPSA) is 118 Å². The summed E-state index contributed by atoms with van der Waals surface area (Å²) in [7, 11) is -5.14. The first-order chi connectivity index (χ1) is 8.30. The van der Waals surface area contributed by atoms with Crippen LogP contribution in [-0.2, 0) is 17.0 Å². The van der Waals surface area contributed by atoms with Gasteiger partial charge in [-0.2, -0.15) is 8.42 Å². The van der Waals surface area contributed by atoms with Crippen LogP contribution in [0.15, 0.2) is 11.2 Å². The smallest absolute Gasteiger partial charge is 0.358 e. The Hall–Kier alpha value is -1.83. The SMILES string of the molecule is Cc1c(CN)cc(OS(=O)(=O)F)c(C)c1N=[N+]=[N-]. The summed E-state index contributed by atoms with van der Waals surface area (Å²) in [4.78, 5) is 2.63. The van der Waals surface area contributed by atoms with Crippen molar-refractivity contribution in [3.63, 3.8) is 0 Å². The molecule has 1 aromatic carbocycles. The van der Waals surface area contributed by atoms with Gasteiger partial charge in [0.25, 0.3) is 0 Å². The highest BCUT2D eigenvalue weighted by atomic mass is 32.3. The Bertz CT molecular complexity index is 623. The van der Waals surface area contributed by atoms with Gasteiger partial charge in [0.05, 0.1) is 0 Å². The van der Waals surface area contributed by atoms with Crippen LogP contribution in [0.1, 0.15) is 16.7 Å². The fraction of sp³-hybridized carbons (Fsp3) is 0.333. The number of nitrogens with zero attached hydrogens (tertiary/aromatic N) is 3. The third-order valence-corrected chi connectivity index (χ3v) is 2.80. The second kappa shape index (κ2) is 5.21. The Labute approximate surface area is 103 Å². The van der Waals surface area contributed by atoms with Gasteiger partial charge in [0, 0.05) is 22.7 Å². The highest BCUT2D eigenvalue weighted by Gasteiger charge is 2.17. The molecule has 0 aliphatic rings. The maximum absolute atomic E-state index is 12.5. The lowest BCUT2D eigenvalue weighted by molar-refractivity contribution is 0.438. The maximum atomic E-state index is 12.5. The molecule has 0 spiro atoms. The van der Waals surface area contributed by atoms with E-state index >= 15 is 0 Å². The largest absolute Gasteiger partial charge is 0.488 e. The Kier molecular flexibility index (Phi) is 4.12. The molecule has 1 aromatic rings. The Morgan fingerprint density at radius 2 is 2.11 bits per heavy atom. The highest BCUT2D eigenvalue weighted by Crippen LogP contribution is 2.35. The number of benzene rings is 1. The van der Waals surface area contributed by atoms with Gasteiger partial charge in [-0.25, -0.2) is 0 Å². The van der Waals surface area contributed by atoms with E-state index in [0.717, 1.165) is 0 Å². The first kappa shape index (κ1) is 14.2. The van der Waals surface area contributed by atoms with Gasteiger partial charge in [-0.1, -0.05) is 9.00 Å². The van der Waals surface area contributed by atoms with E-state index < -0.39 is 10.5 Å². The molecular formula is C9H11FN4O3S. The maximum Gasteiger partial charge on any atom is 0.488 e. The van der Waals surface area contributed by atoms with Gasteiger partial charge in [0.2, 0.25) is 0 Å². The molecule has 0 aliphatic carbocycles. The Morgan fingerprint density at radius 1 is 1.50 bits per heavy atom. The van der Waals surface area contributed by atoms with E-state index in [4.69, 9.17) is 11.3 Å². The molecule has 0 saturated heterocycles. The molecule has 0 amide bonds. The fourth-order valence-electron chi connectivity index (χ4n) is 1.53. The van der Waals surface area contributed by atoms with Gasteiger partial charge in [-0.15, -0.1) is 0 Å². The minimum atomic E-state index is -5.14. The minimum absolute atomic E-state index is 0.0722. The van der Waals surface area contributed by atoms with Gasteiger partial charge in [-0.3, -0.25) is 0 Å². The summed E-state index contributed by atoms with van der Waals surface area (Å²) in [6.45, 7) is 3.19. The van der Waals surface area contributed by atoms with Crippen molar-refractivity contribution in [3.8, 4) is 5.75 Å². The lowest BCUT2D eigenvalue weighted by Crippen LogP contribution is -2.06. The van der Waals surface area contributed by atoms with E-state index in [1.54, 1.807) is 6.92 Å². The van der Waals surface area contributed by atoms with Crippen molar-refractivity contribution >= 4 is 16.2 Å². The molecule has 0 unspecified atom stereocenters. The second-order valence-electron chi connectivity index (χ2n) is 3.50. The average molecular weight is 274 g/mol. The van der Waals surface area contributed by atoms with Crippen LogP contribution in [0.5, 0.6) is 5.75 Å². The van der Waals surface area contributed by atoms with Crippen molar-refractivity contribution in [3.05, 3.63) is 33.2 Å². The highest BCUT2D eigenvalue weighted by molar-refractivity contribution is 7.81. The van der Waals surface area contributed by atoms with Crippen LogP contribution < -0.4 is 9.92 Å². The summed E-state index contributed by atoms with van der Waals surface area (Å²) in [6, 6.07) is 1.30. The fourth-order valence-corrected chi connectivity index (χ4v) is 1.91. The zero-order valence-electron chi connectivity index (χ0n) is 9.71. The molecule has 0 aliphatic heterocycles. The first-order valence-electron chi connectivity index (χ1n) is 4.82. The summed E-state index contributed by atoms with van der Waals surface area (Å²) < 4.78 is 37.7. The Balaban J connectivity index is 3.54. The molecule has 0 aromatic heterocycles. The predicted octanol–water partition coefficient (Wildman–Crippen LogP) is 2.30. The molecule has 2 N–H and O–H groups in total. The first-order valence-corrected chi connectivity index (χ1v) is 6.13. The summed E-state index contributed by atoms with van der Waals surface area (Å²) in [5.74, 6) is -0.244. The van der Waals surface area contributed by atoms with Gasteiger partial charge >= 0.3 is 10.5 Å². The lowest BCUT2D eigenvalue weighted by atomic mass is 10.0. The van der Waals surface area contributed by atoms with E-state index in [9.17, 15) is 12.3 Å². The van der Waals surface area contributed by atoms with Crippen molar-refractivity contribution in [2.75, 3.05) is 0 Å². The second-order valence-corrected chi connectivity index (χ2v) is 4.46. The van der Waals surface area contributed by atoms with Gasteiger partial charge in [0.15, 0.2) is 0 Å². The predicted molar refractivity (Wildman–Crippen MR) is 63.3 cm³/mol. The van der Waals surface area contributed by atoms with E-state index in [1.165, 1.54) is 13.0 Å². The third kappa shape index (κ3) is 3.10.